The smallest absolute Gasteiger partial charge is 0.407 e. The third-order valence-electron chi connectivity index (χ3n) is 4.14. The lowest BCUT2D eigenvalue weighted by atomic mass is 9.89. The monoisotopic (exact) mass is 294 g/mol. The predicted octanol–water partition coefficient (Wildman–Crippen LogP) is 3.52. The normalized spacial score (nSPS) is 30.0. The number of allylic oxidation sites excluding steroid dienone is 1. The van der Waals surface area contributed by atoms with Crippen LogP contribution < -0.4 is 10.6 Å². The van der Waals surface area contributed by atoms with Crippen molar-refractivity contribution in [1.29, 1.82) is 0 Å². The topological polar surface area (TPSA) is 50.4 Å². The summed E-state index contributed by atoms with van der Waals surface area (Å²) in [7, 11) is 0. The summed E-state index contributed by atoms with van der Waals surface area (Å²) < 4.78 is 5.35. The zero-order chi connectivity index (χ0) is 15.3. The van der Waals surface area contributed by atoms with Gasteiger partial charge in [-0.2, -0.15) is 0 Å². The molecule has 2 rings (SSSR count). The molecule has 4 nitrogen and oxygen atoms in total. The van der Waals surface area contributed by atoms with E-state index in [1.807, 2.05) is 20.8 Å². The first kappa shape index (κ1) is 16.3. The molecule has 0 bridgehead atoms. The van der Waals surface area contributed by atoms with Crippen molar-refractivity contribution in [2.45, 2.75) is 89.4 Å². The molecule has 0 aliphatic heterocycles. The number of carbonyl (C=O) groups is 1. The number of alkyl carbamates (subject to hydrolysis) is 1. The van der Waals surface area contributed by atoms with Crippen LogP contribution in [0.25, 0.3) is 0 Å². The average molecular weight is 294 g/mol. The molecule has 0 aromatic heterocycles. The lowest BCUT2D eigenvalue weighted by molar-refractivity contribution is 0.0488. The molecule has 2 aliphatic rings. The molecular formula is C17H30N2O2. The molecule has 120 valence electrons. The quantitative estimate of drug-likeness (QED) is 0.783. The van der Waals surface area contributed by atoms with Crippen LogP contribution >= 0.6 is 0 Å². The fourth-order valence-corrected chi connectivity index (χ4v) is 3.22. The van der Waals surface area contributed by atoms with E-state index in [0.29, 0.717) is 12.1 Å². The van der Waals surface area contributed by atoms with Gasteiger partial charge in [-0.1, -0.05) is 12.2 Å². The van der Waals surface area contributed by atoms with E-state index in [4.69, 9.17) is 4.74 Å². The van der Waals surface area contributed by atoms with Crippen LogP contribution in [0.15, 0.2) is 12.2 Å². The molecule has 0 aromatic carbocycles. The Bertz CT molecular complexity index is 373. The lowest BCUT2D eigenvalue weighted by Crippen LogP contribution is -2.48. The largest absolute Gasteiger partial charge is 0.444 e. The van der Waals surface area contributed by atoms with E-state index in [-0.39, 0.29) is 12.1 Å². The highest BCUT2D eigenvalue weighted by Crippen LogP contribution is 2.21. The molecular weight excluding hydrogens is 264 g/mol. The van der Waals surface area contributed by atoms with Gasteiger partial charge in [0.25, 0.3) is 0 Å². The minimum atomic E-state index is -0.426. The number of ether oxygens (including phenoxy) is 1. The van der Waals surface area contributed by atoms with Crippen molar-refractivity contribution in [3.05, 3.63) is 12.2 Å². The molecule has 4 heteroatoms. The van der Waals surface area contributed by atoms with Gasteiger partial charge in [0, 0.05) is 18.1 Å². The third kappa shape index (κ3) is 6.08. The van der Waals surface area contributed by atoms with Gasteiger partial charge in [0.2, 0.25) is 0 Å². The Labute approximate surface area is 128 Å². The maximum atomic E-state index is 11.9. The van der Waals surface area contributed by atoms with Crippen molar-refractivity contribution in [2.24, 2.45) is 0 Å². The van der Waals surface area contributed by atoms with Gasteiger partial charge in [0.1, 0.15) is 5.60 Å². The Kier molecular flexibility index (Phi) is 5.68. The van der Waals surface area contributed by atoms with Gasteiger partial charge in [-0.15, -0.1) is 0 Å². The van der Waals surface area contributed by atoms with Gasteiger partial charge < -0.3 is 15.4 Å². The van der Waals surface area contributed by atoms with Gasteiger partial charge in [-0.05, 0) is 65.7 Å². The first-order valence-corrected chi connectivity index (χ1v) is 8.33. The van der Waals surface area contributed by atoms with Crippen molar-refractivity contribution in [1.82, 2.24) is 10.6 Å². The van der Waals surface area contributed by atoms with E-state index in [1.54, 1.807) is 0 Å². The molecule has 0 heterocycles. The van der Waals surface area contributed by atoms with E-state index >= 15 is 0 Å². The summed E-state index contributed by atoms with van der Waals surface area (Å²) in [6.07, 6.45) is 12.3. The number of hydrogen-bond donors (Lipinski definition) is 2. The van der Waals surface area contributed by atoms with Crippen LogP contribution in [0.5, 0.6) is 0 Å². The minimum absolute atomic E-state index is 0.241. The highest BCUT2D eigenvalue weighted by Gasteiger charge is 2.26. The number of amides is 1. The van der Waals surface area contributed by atoms with Crippen LogP contribution in [-0.2, 0) is 4.74 Å². The molecule has 3 unspecified atom stereocenters. The van der Waals surface area contributed by atoms with Crippen LogP contribution in [0.4, 0.5) is 4.79 Å². The summed E-state index contributed by atoms with van der Waals surface area (Å²) in [5.74, 6) is 0. The van der Waals surface area contributed by atoms with E-state index in [2.05, 4.69) is 22.8 Å². The summed E-state index contributed by atoms with van der Waals surface area (Å²) in [5.41, 5.74) is -0.426. The second-order valence-corrected chi connectivity index (χ2v) is 7.35. The van der Waals surface area contributed by atoms with Crippen LogP contribution in [0.3, 0.4) is 0 Å². The second-order valence-electron chi connectivity index (χ2n) is 7.35. The summed E-state index contributed by atoms with van der Waals surface area (Å²) in [6, 6.07) is 1.38. The van der Waals surface area contributed by atoms with Crippen molar-refractivity contribution < 1.29 is 9.53 Å². The summed E-state index contributed by atoms with van der Waals surface area (Å²) in [5, 5.41) is 6.79. The molecule has 1 amide bonds. The first-order valence-electron chi connectivity index (χ1n) is 8.33. The molecule has 1 saturated carbocycles. The third-order valence-corrected chi connectivity index (χ3v) is 4.14. The fraction of sp³-hybridized carbons (Fsp3) is 0.824. The van der Waals surface area contributed by atoms with E-state index in [0.717, 1.165) is 19.3 Å². The molecule has 21 heavy (non-hydrogen) atoms. The van der Waals surface area contributed by atoms with E-state index in [9.17, 15) is 4.79 Å². The maximum absolute atomic E-state index is 11.9. The molecule has 1 fully saturated rings. The van der Waals surface area contributed by atoms with Crippen LogP contribution in [0.1, 0.15) is 65.7 Å². The average Bonchev–Trinajstić information content (AvgIpc) is 2.38. The highest BCUT2D eigenvalue weighted by atomic mass is 16.6. The van der Waals surface area contributed by atoms with Gasteiger partial charge in [0.15, 0.2) is 0 Å². The molecule has 0 saturated heterocycles. The SMILES string of the molecule is CC(C)(C)OC(=O)NC1CCCC(NC2CC=CCC2)C1. The Morgan fingerprint density at radius 1 is 1.10 bits per heavy atom. The minimum Gasteiger partial charge on any atom is -0.444 e. The first-order chi connectivity index (χ1) is 9.92. The second kappa shape index (κ2) is 7.30. The molecule has 0 aromatic rings. The van der Waals surface area contributed by atoms with Crippen molar-refractivity contribution in [3.8, 4) is 0 Å². The van der Waals surface area contributed by atoms with Crippen LogP contribution in [0.2, 0.25) is 0 Å². The number of carbonyl (C=O) groups excluding carboxylic acids is 1. The molecule has 3 atom stereocenters. The van der Waals surface area contributed by atoms with Crippen molar-refractivity contribution in [3.63, 3.8) is 0 Å². The fourth-order valence-electron chi connectivity index (χ4n) is 3.22. The van der Waals surface area contributed by atoms with Gasteiger partial charge in [-0.25, -0.2) is 4.79 Å². The Balaban J connectivity index is 1.75. The predicted molar refractivity (Wildman–Crippen MR) is 85.3 cm³/mol. The highest BCUT2D eigenvalue weighted by molar-refractivity contribution is 5.68. The Morgan fingerprint density at radius 3 is 2.52 bits per heavy atom. The maximum Gasteiger partial charge on any atom is 0.407 e. The Hall–Kier alpha value is -1.03. The number of rotatable bonds is 3. The van der Waals surface area contributed by atoms with Crippen molar-refractivity contribution in [2.75, 3.05) is 0 Å². The molecule has 0 spiro atoms. The summed E-state index contributed by atoms with van der Waals surface area (Å²) in [4.78, 5) is 11.9. The van der Waals surface area contributed by atoms with Gasteiger partial charge >= 0.3 is 6.09 Å². The van der Waals surface area contributed by atoms with E-state index < -0.39 is 5.60 Å². The lowest BCUT2D eigenvalue weighted by Gasteiger charge is -2.34. The molecule has 0 radical (unpaired) electrons. The van der Waals surface area contributed by atoms with Gasteiger partial charge in [0.05, 0.1) is 0 Å². The van der Waals surface area contributed by atoms with Crippen LogP contribution in [-0.4, -0.2) is 29.8 Å². The molecule has 2 aliphatic carbocycles. The number of nitrogens with one attached hydrogen (secondary N) is 2. The standard InChI is InChI=1S/C17H30N2O2/c1-17(2,3)21-16(20)19-15-11-7-10-14(12-15)18-13-8-5-4-6-9-13/h4-5,13-15,18H,6-12H2,1-3H3,(H,19,20). The zero-order valence-corrected chi connectivity index (χ0v) is 13.7. The summed E-state index contributed by atoms with van der Waals surface area (Å²) in [6.45, 7) is 5.69. The zero-order valence-electron chi connectivity index (χ0n) is 13.7. The van der Waals surface area contributed by atoms with Crippen LogP contribution in [0, 0.1) is 0 Å². The molecule has 2 N–H and O–H groups in total. The van der Waals surface area contributed by atoms with E-state index in [1.165, 1.54) is 25.7 Å². The van der Waals surface area contributed by atoms with Crippen molar-refractivity contribution >= 4 is 6.09 Å². The Morgan fingerprint density at radius 2 is 1.86 bits per heavy atom. The number of hydrogen-bond acceptors (Lipinski definition) is 3. The summed E-state index contributed by atoms with van der Waals surface area (Å²) >= 11 is 0. The van der Waals surface area contributed by atoms with Gasteiger partial charge in [-0.3, -0.25) is 0 Å².